The van der Waals surface area contributed by atoms with Crippen LogP contribution in [0.1, 0.15) is 13.8 Å². The normalized spacial score (nSPS) is 31.4. The fourth-order valence-corrected chi connectivity index (χ4v) is 3.18. The van der Waals surface area contributed by atoms with Crippen molar-refractivity contribution in [2.75, 3.05) is 25.7 Å². The van der Waals surface area contributed by atoms with E-state index in [-0.39, 0.29) is 36.9 Å². The van der Waals surface area contributed by atoms with Crippen LogP contribution in [0.25, 0.3) is 0 Å². The van der Waals surface area contributed by atoms with Gasteiger partial charge in [0.1, 0.15) is 0 Å². The molecule has 0 aromatic carbocycles. The second kappa shape index (κ2) is 6.55. The molecule has 0 saturated carbocycles. The Morgan fingerprint density at radius 1 is 0.800 bits per heavy atom. The van der Waals surface area contributed by atoms with E-state index in [2.05, 4.69) is 0 Å². The molecule has 1 aliphatic rings. The van der Waals surface area contributed by atoms with Crippen molar-refractivity contribution in [2.24, 2.45) is 23.7 Å². The summed E-state index contributed by atoms with van der Waals surface area (Å²) in [6.07, 6.45) is 6.00. The summed E-state index contributed by atoms with van der Waals surface area (Å²) in [4.78, 5) is 0. The van der Waals surface area contributed by atoms with Gasteiger partial charge in [-0.25, -0.2) is 0 Å². The van der Waals surface area contributed by atoms with E-state index in [0.29, 0.717) is 0 Å². The van der Waals surface area contributed by atoms with Crippen LogP contribution in [-0.2, 0) is 28.6 Å². The molecule has 0 aromatic heterocycles. The van der Waals surface area contributed by atoms with Gasteiger partial charge in [-0.05, 0) is 23.7 Å². The standard InChI is InChI=1S/C12H22O6S2/c1-9-5-6-10(2)12(8-18-20(4,15)16)11(9)7-17-19(3,13)14/h5-6,9-12H,7-8H2,1-4H3/t9-,10+,11-,12+. The number of hydrogen-bond acceptors (Lipinski definition) is 6. The van der Waals surface area contributed by atoms with E-state index in [4.69, 9.17) is 8.37 Å². The van der Waals surface area contributed by atoms with Gasteiger partial charge in [0.15, 0.2) is 0 Å². The Labute approximate surface area is 121 Å². The van der Waals surface area contributed by atoms with Gasteiger partial charge in [0.25, 0.3) is 20.2 Å². The molecule has 0 amide bonds. The zero-order valence-corrected chi connectivity index (χ0v) is 13.8. The molecule has 0 aliphatic heterocycles. The first kappa shape index (κ1) is 17.6. The van der Waals surface area contributed by atoms with E-state index in [1.54, 1.807) is 0 Å². The van der Waals surface area contributed by atoms with Crippen molar-refractivity contribution < 1.29 is 25.2 Å². The molecule has 0 radical (unpaired) electrons. The summed E-state index contributed by atoms with van der Waals surface area (Å²) >= 11 is 0. The third-order valence-electron chi connectivity index (χ3n) is 3.57. The molecule has 0 fully saturated rings. The summed E-state index contributed by atoms with van der Waals surface area (Å²) in [5, 5.41) is 0. The van der Waals surface area contributed by atoms with Crippen LogP contribution >= 0.6 is 0 Å². The molecule has 0 saturated heterocycles. The van der Waals surface area contributed by atoms with Crippen LogP contribution in [0.3, 0.4) is 0 Å². The predicted octanol–water partition coefficient (Wildman–Crippen LogP) is 1.01. The highest BCUT2D eigenvalue weighted by molar-refractivity contribution is 7.86. The molecule has 4 atom stereocenters. The Hall–Kier alpha value is -0.440. The van der Waals surface area contributed by atoms with Crippen LogP contribution in [-0.4, -0.2) is 42.6 Å². The van der Waals surface area contributed by atoms with E-state index >= 15 is 0 Å². The average Bonchev–Trinajstić information content (AvgIpc) is 2.26. The van der Waals surface area contributed by atoms with E-state index < -0.39 is 20.2 Å². The van der Waals surface area contributed by atoms with E-state index in [1.165, 1.54) is 0 Å². The van der Waals surface area contributed by atoms with Gasteiger partial charge < -0.3 is 0 Å². The lowest BCUT2D eigenvalue weighted by Gasteiger charge is -2.36. The molecule has 20 heavy (non-hydrogen) atoms. The second-order valence-electron chi connectivity index (χ2n) is 5.41. The minimum atomic E-state index is -3.51. The largest absolute Gasteiger partial charge is 0.270 e. The Morgan fingerprint density at radius 2 is 1.10 bits per heavy atom. The first-order chi connectivity index (χ1) is 8.99. The first-order valence-corrected chi connectivity index (χ1v) is 10.00. The van der Waals surface area contributed by atoms with Gasteiger partial charge in [-0.2, -0.15) is 16.8 Å². The molecular weight excluding hydrogens is 304 g/mol. The quantitative estimate of drug-likeness (QED) is 0.535. The fourth-order valence-electron chi connectivity index (χ4n) is 2.37. The third-order valence-corrected chi connectivity index (χ3v) is 4.70. The van der Waals surface area contributed by atoms with Crippen LogP contribution in [0, 0.1) is 23.7 Å². The van der Waals surface area contributed by atoms with Crippen molar-refractivity contribution in [3.8, 4) is 0 Å². The fraction of sp³-hybridized carbons (Fsp3) is 0.833. The molecule has 1 aliphatic carbocycles. The van der Waals surface area contributed by atoms with Gasteiger partial charge in [0, 0.05) is 0 Å². The van der Waals surface area contributed by atoms with E-state index in [9.17, 15) is 16.8 Å². The van der Waals surface area contributed by atoms with Crippen LogP contribution in [0.2, 0.25) is 0 Å². The van der Waals surface area contributed by atoms with Crippen LogP contribution in [0.15, 0.2) is 12.2 Å². The van der Waals surface area contributed by atoms with Crippen molar-refractivity contribution in [1.82, 2.24) is 0 Å². The average molecular weight is 326 g/mol. The Bertz CT molecular complexity index is 498. The molecule has 8 heteroatoms. The maximum atomic E-state index is 11.1. The highest BCUT2D eigenvalue weighted by Gasteiger charge is 2.34. The molecule has 0 spiro atoms. The minimum Gasteiger partial charge on any atom is -0.270 e. The summed E-state index contributed by atoms with van der Waals surface area (Å²) in [6, 6.07) is 0. The molecule has 118 valence electrons. The number of allylic oxidation sites excluding steroid dienone is 2. The Morgan fingerprint density at radius 3 is 1.35 bits per heavy atom. The van der Waals surface area contributed by atoms with Crippen molar-refractivity contribution in [1.29, 1.82) is 0 Å². The maximum Gasteiger partial charge on any atom is 0.264 e. The molecule has 0 heterocycles. The number of rotatable bonds is 6. The number of hydrogen-bond donors (Lipinski definition) is 0. The van der Waals surface area contributed by atoms with Gasteiger partial charge in [-0.1, -0.05) is 26.0 Å². The summed E-state index contributed by atoms with van der Waals surface area (Å²) in [6.45, 7) is 3.97. The van der Waals surface area contributed by atoms with Crippen LogP contribution < -0.4 is 0 Å². The second-order valence-corrected chi connectivity index (χ2v) is 8.70. The highest BCUT2D eigenvalue weighted by Crippen LogP contribution is 2.35. The van der Waals surface area contributed by atoms with Gasteiger partial charge in [-0.15, -0.1) is 0 Å². The lowest BCUT2D eigenvalue weighted by molar-refractivity contribution is 0.0922. The van der Waals surface area contributed by atoms with Crippen molar-refractivity contribution in [3.63, 3.8) is 0 Å². The van der Waals surface area contributed by atoms with Crippen molar-refractivity contribution >= 4 is 20.2 Å². The predicted molar refractivity (Wildman–Crippen MR) is 76.0 cm³/mol. The van der Waals surface area contributed by atoms with Gasteiger partial charge in [-0.3, -0.25) is 8.37 Å². The summed E-state index contributed by atoms with van der Waals surface area (Å²) < 4.78 is 54.2. The van der Waals surface area contributed by atoms with Crippen molar-refractivity contribution in [2.45, 2.75) is 13.8 Å². The Balaban J connectivity index is 2.81. The topological polar surface area (TPSA) is 86.7 Å². The molecule has 0 aromatic rings. The van der Waals surface area contributed by atoms with Crippen LogP contribution in [0.4, 0.5) is 0 Å². The molecule has 0 unspecified atom stereocenters. The lowest BCUT2D eigenvalue weighted by atomic mass is 9.72. The smallest absolute Gasteiger partial charge is 0.264 e. The lowest BCUT2D eigenvalue weighted by Crippen LogP contribution is -2.36. The molecule has 1 rings (SSSR count). The molecular formula is C12H22O6S2. The van der Waals surface area contributed by atoms with Crippen LogP contribution in [0.5, 0.6) is 0 Å². The summed E-state index contributed by atoms with van der Waals surface area (Å²) in [7, 11) is -7.03. The van der Waals surface area contributed by atoms with E-state index in [1.807, 2.05) is 26.0 Å². The molecule has 6 nitrogen and oxygen atoms in total. The molecule has 0 bridgehead atoms. The van der Waals surface area contributed by atoms with Gasteiger partial charge in [0.05, 0.1) is 25.7 Å². The first-order valence-electron chi connectivity index (χ1n) is 6.37. The van der Waals surface area contributed by atoms with E-state index in [0.717, 1.165) is 12.5 Å². The summed E-state index contributed by atoms with van der Waals surface area (Å²) in [5.41, 5.74) is 0. The van der Waals surface area contributed by atoms with Gasteiger partial charge >= 0.3 is 0 Å². The Kier molecular flexibility index (Phi) is 5.77. The molecule has 0 N–H and O–H groups in total. The minimum absolute atomic E-state index is 0.0342. The van der Waals surface area contributed by atoms with Crippen molar-refractivity contribution in [3.05, 3.63) is 12.2 Å². The third kappa shape index (κ3) is 5.90. The van der Waals surface area contributed by atoms with Gasteiger partial charge in [0.2, 0.25) is 0 Å². The highest BCUT2D eigenvalue weighted by atomic mass is 32.2. The summed E-state index contributed by atoms with van der Waals surface area (Å²) in [5.74, 6) is -0.0137. The maximum absolute atomic E-state index is 11.1. The zero-order valence-electron chi connectivity index (χ0n) is 12.1. The zero-order chi connectivity index (χ0) is 15.6. The SMILES string of the molecule is C[C@@H]1C=C[C@H](C)[C@H](COS(C)(=O)=O)[C@@H]1COS(C)(=O)=O. The monoisotopic (exact) mass is 326 g/mol.